The molecular weight excluding hydrogens is 416 g/mol. The van der Waals surface area contributed by atoms with Gasteiger partial charge in [0.2, 0.25) is 5.91 Å². The fraction of sp³-hybridized carbons (Fsp3) is 0.250. The molecule has 0 aliphatic carbocycles. The van der Waals surface area contributed by atoms with E-state index in [0.29, 0.717) is 18.0 Å². The van der Waals surface area contributed by atoms with Gasteiger partial charge in [-0.3, -0.25) is 4.79 Å². The van der Waals surface area contributed by atoms with Gasteiger partial charge < -0.3 is 9.47 Å². The van der Waals surface area contributed by atoms with Gasteiger partial charge in [0.1, 0.15) is 0 Å². The summed E-state index contributed by atoms with van der Waals surface area (Å²) in [4.78, 5) is 15.6. The number of hydrogen-bond acceptors (Lipinski definition) is 1. The molecule has 1 aliphatic heterocycles. The summed E-state index contributed by atoms with van der Waals surface area (Å²) in [6, 6.07) is 24.9. The van der Waals surface area contributed by atoms with Crippen LogP contribution in [0.3, 0.4) is 0 Å². The van der Waals surface area contributed by atoms with Crippen LogP contribution in [0.2, 0.25) is 5.02 Å². The second kappa shape index (κ2) is 8.84. The second-order valence-electron chi connectivity index (χ2n) is 8.53. The molecule has 162 valence electrons. The van der Waals surface area contributed by atoms with Crippen molar-refractivity contribution < 1.29 is 4.79 Å². The van der Waals surface area contributed by atoms with Crippen molar-refractivity contribution in [2.24, 2.45) is 0 Å². The molecule has 1 aromatic heterocycles. The molecule has 4 aromatic rings. The number of halogens is 1. The number of nitrogens with zero attached hydrogens (tertiary/aromatic N) is 2. The van der Waals surface area contributed by atoms with Crippen molar-refractivity contribution >= 4 is 28.4 Å². The van der Waals surface area contributed by atoms with Crippen molar-refractivity contribution in [2.75, 3.05) is 6.54 Å². The normalized spacial score (nSPS) is 14.4. The predicted molar refractivity (Wildman–Crippen MR) is 131 cm³/mol. The Hall–Kier alpha value is -3.04. The molecule has 3 nitrogen and oxygen atoms in total. The van der Waals surface area contributed by atoms with E-state index < -0.39 is 0 Å². The zero-order valence-corrected chi connectivity index (χ0v) is 19.1. The van der Waals surface area contributed by atoms with E-state index in [9.17, 15) is 4.79 Å². The number of carbonyl (C=O) groups is 1. The van der Waals surface area contributed by atoms with E-state index in [1.54, 1.807) is 0 Å². The molecule has 0 saturated carbocycles. The van der Waals surface area contributed by atoms with E-state index in [1.807, 2.05) is 23.1 Å². The molecule has 0 spiro atoms. The molecule has 0 radical (unpaired) electrons. The smallest absolute Gasteiger partial charge is 0.223 e. The molecule has 4 heteroatoms. The standard InChI is InChI=1S/C28H27ClN2O/c1-2-30-19-26(24-12-5-6-13-27(24)30)25(21-10-7-11-23(29)16-21)17-28(32)31-15-14-20-8-3-4-9-22(20)18-31/h3-13,16,19,25H,2,14-15,17-18H2,1H3/t25-/m0/s1. The van der Waals surface area contributed by atoms with Gasteiger partial charge in [-0.05, 0) is 53.8 Å². The zero-order chi connectivity index (χ0) is 22.1. The number of carbonyl (C=O) groups excluding carboxylic acids is 1. The van der Waals surface area contributed by atoms with Crippen LogP contribution in [0.1, 0.15) is 41.5 Å². The molecule has 5 rings (SSSR count). The van der Waals surface area contributed by atoms with Gasteiger partial charge in [-0.15, -0.1) is 0 Å². The Morgan fingerprint density at radius 2 is 1.78 bits per heavy atom. The maximum atomic E-state index is 13.5. The number of hydrogen-bond donors (Lipinski definition) is 0. The van der Waals surface area contributed by atoms with E-state index in [4.69, 9.17) is 11.6 Å². The summed E-state index contributed by atoms with van der Waals surface area (Å²) in [5.41, 5.74) is 6.09. The largest absolute Gasteiger partial charge is 0.347 e. The fourth-order valence-electron chi connectivity index (χ4n) is 4.96. The van der Waals surface area contributed by atoms with E-state index >= 15 is 0 Å². The van der Waals surface area contributed by atoms with Crippen molar-refractivity contribution in [1.29, 1.82) is 0 Å². The lowest BCUT2D eigenvalue weighted by molar-refractivity contribution is -0.132. The van der Waals surface area contributed by atoms with E-state index in [1.165, 1.54) is 27.6 Å². The highest BCUT2D eigenvalue weighted by atomic mass is 35.5. The van der Waals surface area contributed by atoms with Gasteiger partial charge in [0.05, 0.1) is 0 Å². The molecule has 3 aromatic carbocycles. The lowest BCUT2D eigenvalue weighted by Crippen LogP contribution is -2.36. The third kappa shape index (κ3) is 3.93. The SMILES string of the molecule is CCn1cc([C@@H](CC(=O)N2CCc3ccccc3C2)c2cccc(Cl)c2)c2ccccc21. The molecule has 1 aliphatic rings. The van der Waals surface area contributed by atoms with Gasteiger partial charge in [0.25, 0.3) is 0 Å². The number of para-hydroxylation sites is 1. The van der Waals surface area contributed by atoms with Gasteiger partial charge in [-0.2, -0.15) is 0 Å². The minimum atomic E-state index is -0.0453. The summed E-state index contributed by atoms with van der Waals surface area (Å²) in [5.74, 6) is 0.147. The molecule has 1 atom stereocenters. The van der Waals surface area contributed by atoms with Gasteiger partial charge in [-0.25, -0.2) is 0 Å². The molecule has 0 saturated heterocycles. The van der Waals surface area contributed by atoms with Crippen molar-refractivity contribution in [2.45, 2.75) is 38.8 Å². The Bertz CT molecular complexity index is 1280. The average molecular weight is 443 g/mol. The van der Waals surface area contributed by atoms with Crippen LogP contribution >= 0.6 is 11.6 Å². The van der Waals surface area contributed by atoms with E-state index in [0.717, 1.165) is 25.1 Å². The highest BCUT2D eigenvalue weighted by molar-refractivity contribution is 6.30. The first-order valence-electron chi connectivity index (χ1n) is 11.3. The lowest BCUT2D eigenvalue weighted by Gasteiger charge is -2.30. The molecule has 1 amide bonds. The number of aryl methyl sites for hydroxylation is 1. The Morgan fingerprint density at radius 3 is 2.59 bits per heavy atom. The summed E-state index contributed by atoms with van der Waals surface area (Å²) in [6.07, 6.45) is 3.56. The van der Waals surface area contributed by atoms with Gasteiger partial charge in [-0.1, -0.05) is 66.2 Å². The topological polar surface area (TPSA) is 25.2 Å². The average Bonchev–Trinajstić information content (AvgIpc) is 3.20. The summed E-state index contributed by atoms with van der Waals surface area (Å²) < 4.78 is 2.27. The summed E-state index contributed by atoms with van der Waals surface area (Å²) in [6.45, 7) is 4.50. The molecule has 0 bridgehead atoms. The number of rotatable bonds is 5. The predicted octanol–water partition coefficient (Wildman–Crippen LogP) is 6.42. The van der Waals surface area contributed by atoms with Gasteiger partial charge in [0.15, 0.2) is 0 Å². The highest BCUT2D eigenvalue weighted by Crippen LogP contribution is 2.36. The van der Waals surface area contributed by atoms with E-state index in [-0.39, 0.29) is 11.8 Å². The summed E-state index contributed by atoms with van der Waals surface area (Å²) >= 11 is 6.37. The lowest BCUT2D eigenvalue weighted by atomic mass is 9.87. The Labute approximate surface area is 194 Å². The third-order valence-electron chi connectivity index (χ3n) is 6.65. The second-order valence-corrected chi connectivity index (χ2v) is 8.97. The van der Waals surface area contributed by atoms with Gasteiger partial charge >= 0.3 is 0 Å². The van der Waals surface area contributed by atoms with E-state index in [2.05, 4.69) is 72.3 Å². The van der Waals surface area contributed by atoms with Crippen molar-refractivity contribution in [1.82, 2.24) is 9.47 Å². The van der Waals surface area contributed by atoms with Crippen LogP contribution in [0.5, 0.6) is 0 Å². The van der Waals surface area contributed by atoms with Crippen LogP contribution in [0.25, 0.3) is 10.9 Å². The maximum absolute atomic E-state index is 13.5. The quantitative estimate of drug-likeness (QED) is 0.350. The van der Waals surface area contributed by atoms with Crippen molar-refractivity contribution in [3.63, 3.8) is 0 Å². The Morgan fingerprint density at radius 1 is 1.00 bits per heavy atom. The zero-order valence-electron chi connectivity index (χ0n) is 18.3. The van der Waals surface area contributed by atoms with Crippen molar-refractivity contribution in [3.05, 3.63) is 106 Å². The molecule has 2 heterocycles. The molecule has 0 fully saturated rings. The number of fused-ring (bicyclic) bond motifs is 2. The highest BCUT2D eigenvalue weighted by Gasteiger charge is 2.27. The molecular formula is C28H27ClN2O. The number of benzene rings is 3. The summed E-state index contributed by atoms with van der Waals surface area (Å²) in [7, 11) is 0. The number of amides is 1. The van der Waals surface area contributed by atoms with Crippen LogP contribution in [0.15, 0.2) is 79.0 Å². The van der Waals surface area contributed by atoms with Crippen molar-refractivity contribution in [3.8, 4) is 0 Å². The van der Waals surface area contributed by atoms with Crippen LogP contribution in [0, 0.1) is 0 Å². The first kappa shape index (κ1) is 20.8. The number of aromatic nitrogens is 1. The Balaban J connectivity index is 1.51. The van der Waals surface area contributed by atoms with Crippen LogP contribution < -0.4 is 0 Å². The van der Waals surface area contributed by atoms with Crippen LogP contribution in [-0.2, 0) is 24.3 Å². The van der Waals surface area contributed by atoms with Crippen LogP contribution in [-0.4, -0.2) is 21.9 Å². The molecule has 0 unspecified atom stereocenters. The first-order valence-corrected chi connectivity index (χ1v) is 11.7. The maximum Gasteiger partial charge on any atom is 0.223 e. The van der Waals surface area contributed by atoms with Gasteiger partial charge in [0, 0.05) is 54.1 Å². The minimum absolute atomic E-state index is 0.0453. The summed E-state index contributed by atoms with van der Waals surface area (Å²) in [5, 5.41) is 1.90. The molecule has 32 heavy (non-hydrogen) atoms. The first-order chi connectivity index (χ1) is 15.6. The minimum Gasteiger partial charge on any atom is -0.347 e. The Kier molecular flexibility index (Phi) is 5.75. The fourth-order valence-corrected chi connectivity index (χ4v) is 5.16. The monoisotopic (exact) mass is 442 g/mol. The third-order valence-corrected chi connectivity index (χ3v) is 6.88. The molecule has 0 N–H and O–H groups in total. The van der Waals surface area contributed by atoms with Crippen LogP contribution in [0.4, 0.5) is 0 Å².